The molecule has 3 rings (SSSR count). The molecular weight excluding hydrogens is 314 g/mol. The monoisotopic (exact) mass is 337 g/mol. The number of carbonyl (C=O) groups excluding carboxylic acids is 1. The molecule has 1 aliphatic rings. The highest BCUT2D eigenvalue weighted by Gasteiger charge is 2.22. The third-order valence-electron chi connectivity index (χ3n) is 4.14. The first-order chi connectivity index (χ1) is 12.0. The lowest BCUT2D eigenvalue weighted by atomic mass is 10.0. The van der Waals surface area contributed by atoms with Gasteiger partial charge in [-0.1, -0.05) is 18.2 Å². The maximum atomic E-state index is 12.4. The normalized spacial score (nSPS) is 14.4. The molecule has 0 atom stereocenters. The van der Waals surface area contributed by atoms with Crippen LogP contribution in [0.1, 0.15) is 35.3 Å². The Balaban J connectivity index is 1.60. The summed E-state index contributed by atoms with van der Waals surface area (Å²) >= 11 is 0. The SMILES string of the molecule is COc1cccc(CCNC(=O)c2ccc3c(c2)C=CC(C)(C)O3)c1. The molecule has 130 valence electrons. The number of hydrogen-bond donors (Lipinski definition) is 1. The number of amides is 1. The van der Waals surface area contributed by atoms with E-state index < -0.39 is 0 Å². The molecule has 0 fully saturated rings. The number of methoxy groups -OCH3 is 1. The Labute approximate surface area is 148 Å². The van der Waals surface area contributed by atoms with E-state index in [0.29, 0.717) is 12.1 Å². The molecule has 0 unspecified atom stereocenters. The molecule has 0 saturated carbocycles. The van der Waals surface area contributed by atoms with Gasteiger partial charge in [0.2, 0.25) is 0 Å². The summed E-state index contributed by atoms with van der Waals surface area (Å²) in [6, 6.07) is 13.4. The van der Waals surface area contributed by atoms with Crippen LogP contribution in [0.4, 0.5) is 0 Å². The Hall–Kier alpha value is -2.75. The summed E-state index contributed by atoms with van der Waals surface area (Å²) in [4.78, 5) is 12.4. The van der Waals surface area contributed by atoms with Crippen molar-refractivity contribution >= 4 is 12.0 Å². The highest BCUT2D eigenvalue weighted by Crippen LogP contribution is 2.31. The fourth-order valence-electron chi connectivity index (χ4n) is 2.77. The second kappa shape index (κ2) is 7.01. The maximum Gasteiger partial charge on any atom is 0.251 e. The highest BCUT2D eigenvalue weighted by molar-refractivity contribution is 5.95. The second-order valence-corrected chi connectivity index (χ2v) is 6.65. The summed E-state index contributed by atoms with van der Waals surface area (Å²) < 4.78 is 11.1. The standard InChI is InChI=1S/C21H23NO3/c1-21(2)11-9-16-14-17(7-8-19(16)25-21)20(23)22-12-10-15-5-4-6-18(13-15)24-3/h4-9,11,13-14H,10,12H2,1-3H3,(H,22,23). The first-order valence-electron chi connectivity index (χ1n) is 8.40. The van der Waals surface area contributed by atoms with Crippen LogP contribution in [0.15, 0.2) is 48.5 Å². The Morgan fingerprint density at radius 3 is 2.84 bits per heavy atom. The van der Waals surface area contributed by atoms with Crippen molar-refractivity contribution in [1.29, 1.82) is 0 Å². The molecule has 0 radical (unpaired) electrons. The van der Waals surface area contributed by atoms with E-state index in [4.69, 9.17) is 9.47 Å². The molecule has 1 heterocycles. The quantitative estimate of drug-likeness (QED) is 0.901. The molecule has 0 spiro atoms. The van der Waals surface area contributed by atoms with Gasteiger partial charge in [0.05, 0.1) is 7.11 Å². The average molecular weight is 337 g/mol. The largest absolute Gasteiger partial charge is 0.497 e. The van der Waals surface area contributed by atoms with Crippen LogP contribution in [0.25, 0.3) is 6.08 Å². The minimum atomic E-state index is -0.312. The predicted octanol–water partition coefficient (Wildman–Crippen LogP) is 3.85. The van der Waals surface area contributed by atoms with Gasteiger partial charge in [-0.15, -0.1) is 0 Å². The molecule has 1 aliphatic heterocycles. The smallest absolute Gasteiger partial charge is 0.251 e. The second-order valence-electron chi connectivity index (χ2n) is 6.65. The number of ether oxygens (including phenoxy) is 2. The Morgan fingerprint density at radius 1 is 1.20 bits per heavy atom. The fraction of sp³-hybridized carbons (Fsp3) is 0.286. The van der Waals surface area contributed by atoms with E-state index >= 15 is 0 Å². The van der Waals surface area contributed by atoms with Crippen molar-refractivity contribution in [1.82, 2.24) is 5.32 Å². The molecule has 0 aliphatic carbocycles. The van der Waals surface area contributed by atoms with E-state index in [0.717, 1.165) is 29.0 Å². The van der Waals surface area contributed by atoms with Crippen LogP contribution >= 0.6 is 0 Å². The molecule has 0 saturated heterocycles. The first-order valence-corrected chi connectivity index (χ1v) is 8.40. The molecule has 1 amide bonds. The van der Waals surface area contributed by atoms with Crippen molar-refractivity contribution in [2.45, 2.75) is 25.9 Å². The van der Waals surface area contributed by atoms with Crippen molar-refractivity contribution in [3.05, 3.63) is 65.2 Å². The summed E-state index contributed by atoms with van der Waals surface area (Å²) in [5.41, 5.74) is 2.38. The van der Waals surface area contributed by atoms with Gasteiger partial charge in [-0.2, -0.15) is 0 Å². The van der Waals surface area contributed by atoms with Crippen LogP contribution in [0.2, 0.25) is 0 Å². The van der Waals surface area contributed by atoms with Crippen LogP contribution < -0.4 is 14.8 Å². The van der Waals surface area contributed by atoms with E-state index in [1.54, 1.807) is 13.2 Å². The van der Waals surface area contributed by atoms with Crippen molar-refractivity contribution in [2.24, 2.45) is 0 Å². The summed E-state index contributed by atoms with van der Waals surface area (Å²) in [6.07, 6.45) is 4.76. The Bertz CT molecular complexity index is 809. The summed E-state index contributed by atoms with van der Waals surface area (Å²) in [6.45, 7) is 4.58. The molecule has 25 heavy (non-hydrogen) atoms. The highest BCUT2D eigenvalue weighted by atomic mass is 16.5. The Kier molecular flexibility index (Phi) is 4.79. The number of carbonyl (C=O) groups is 1. The van der Waals surface area contributed by atoms with Gasteiger partial charge in [-0.25, -0.2) is 0 Å². The van der Waals surface area contributed by atoms with E-state index in [1.807, 2.05) is 62.4 Å². The molecule has 1 N–H and O–H groups in total. The van der Waals surface area contributed by atoms with Crippen LogP contribution in [0.3, 0.4) is 0 Å². The maximum absolute atomic E-state index is 12.4. The molecular formula is C21H23NO3. The minimum absolute atomic E-state index is 0.0797. The van der Waals surface area contributed by atoms with Crippen molar-refractivity contribution < 1.29 is 14.3 Å². The van der Waals surface area contributed by atoms with Crippen molar-refractivity contribution in [3.8, 4) is 11.5 Å². The van der Waals surface area contributed by atoms with E-state index in [1.165, 1.54) is 0 Å². The topological polar surface area (TPSA) is 47.6 Å². The number of rotatable bonds is 5. The van der Waals surface area contributed by atoms with Crippen LogP contribution in [0, 0.1) is 0 Å². The van der Waals surface area contributed by atoms with E-state index in [9.17, 15) is 4.79 Å². The zero-order valence-corrected chi connectivity index (χ0v) is 14.8. The molecule has 4 nitrogen and oxygen atoms in total. The van der Waals surface area contributed by atoms with Crippen LogP contribution in [-0.4, -0.2) is 25.2 Å². The zero-order chi connectivity index (χ0) is 17.9. The Morgan fingerprint density at radius 2 is 2.04 bits per heavy atom. The summed E-state index contributed by atoms with van der Waals surface area (Å²) in [5, 5.41) is 2.96. The van der Waals surface area contributed by atoms with E-state index in [-0.39, 0.29) is 11.5 Å². The van der Waals surface area contributed by atoms with Crippen LogP contribution in [0.5, 0.6) is 11.5 Å². The van der Waals surface area contributed by atoms with Gasteiger partial charge in [-0.05, 0) is 62.2 Å². The minimum Gasteiger partial charge on any atom is -0.497 e. The molecule has 0 aromatic heterocycles. The summed E-state index contributed by atoms with van der Waals surface area (Å²) in [7, 11) is 1.65. The zero-order valence-electron chi connectivity index (χ0n) is 14.8. The van der Waals surface area contributed by atoms with Gasteiger partial charge >= 0.3 is 0 Å². The molecule has 0 bridgehead atoms. The predicted molar refractivity (Wildman–Crippen MR) is 99.2 cm³/mol. The molecule has 2 aromatic carbocycles. The third kappa shape index (κ3) is 4.21. The van der Waals surface area contributed by atoms with Crippen molar-refractivity contribution in [2.75, 3.05) is 13.7 Å². The fourth-order valence-corrected chi connectivity index (χ4v) is 2.77. The van der Waals surface area contributed by atoms with Gasteiger partial charge in [0.25, 0.3) is 5.91 Å². The molecule has 4 heteroatoms. The lowest BCUT2D eigenvalue weighted by molar-refractivity contribution is 0.0954. The number of nitrogens with one attached hydrogen (secondary N) is 1. The third-order valence-corrected chi connectivity index (χ3v) is 4.14. The van der Waals surface area contributed by atoms with E-state index in [2.05, 4.69) is 5.32 Å². The number of fused-ring (bicyclic) bond motifs is 1. The number of hydrogen-bond acceptors (Lipinski definition) is 3. The first kappa shape index (κ1) is 17.1. The van der Waals surface area contributed by atoms with Gasteiger partial charge in [-0.3, -0.25) is 4.79 Å². The lowest BCUT2D eigenvalue weighted by Gasteiger charge is -2.27. The van der Waals surface area contributed by atoms with Crippen LogP contribution in [-0.2, 0) is 6.42 Å². The lowest BCUT2D eigenvalue weighted by Crippen LogP contribution is -2.28. The summed E-state index contributed by atoms with van der Waals surface area (Å²) in [5.74, 6) is 1.55. The molecule has 2 aromatic rings. The van der Waals surface area contributed by atoms with Crippen molar-refractivity contribution in [3.63, 3.8) is 0 Å². The van der Waals surface area contributed by atoms with Gasteiger partial charge < -0.3 is 14.8 Å². The number of benzene rings is 2. The van der Waals surface area contributed by atoms with Gasteiger partial charge in [0.1, 0.15) is 17.1 Å². The van der Waals surface area contributed by atoms with Gasteiger partial charge in [0, 0.05) is 17.7 Å². The van der Waals surface area contributed by atoms with Gasteiger partial charge in [0.15, 0.2) is 0 Å². The average Bonchev–Trinajstić information content (AvgIpc) is 2.60.